The van der Waals surface area contributed by atoms with Crippen molar-refractivity contribution in [2.24, 2.45) is 0 Å². The number of aliphatic hydroxyl groups is 1. The molecule has 0 spiro atoms. The molecule has 3 rings (SSSR count). The largest absolute Gasteiger partial charge is 0.506 e. The van der Waals surface area contributed by atoms with Crippen LogP contribution in [-0.2, 0) is 22.4 Å². The highest BCUT2D eigenvalue weighted by Gasteiger charge is 2.20. The molecule has 0 aliphatic heterocycles. The SMILES string of the molecule is COC(=O)c1ccc(NC(=O)Cc2cccc(CC(C)(C)NC[C@H](O)c3ccc(N)nc3)c2)c(O)c1. The van der Waals surface area contributed by atoms with Crippen LogP contribution in [0.1, 0.15) is 47.0 Å². The average Bonchev–Trinajstić information content (AvgIpc) is 2.83. The van der Waals surface area contributed by atoms with E-state index < -0.39 is 12.1 Å². The lowest BCUT2D eigenvalue weighted by molar-refractivity contribution is -0.115. The molecule has 1 amide bonds. The van der Waals surface area contributed by atoms with E-state index in [1.54, 1.807) is 18.3 Å². The van der Waals surface area contributed by atoms with E-state index in [1.165, 1.54) is 25.3 Å². The molecule has 0 saturated carbocycles. The summed E-state index contributed by atoms with van der Waals surface area (Å²) in [6.45, 7) is 4.43. The number of nitrogens with two attached hydrogens (primary N) is 1. The lowest BCUT2D eigenvalue weighted by Gasteiger charge is -2.28. The molecule has 0 aliphatic rings. The number of nitrogen functional groups attached to an aromatic ring is 1. The van der Waals surface area contributed by atoms with E-state index in [0.717, 1.165) is 11.1 Å². The Bertz CT molecular complexity index is 1210. The first-order valence-electron chi connectivity index (χ1n) is 11.5. The summed E-state index contributed by atoms with van der Waals surface area (Å²) in [4.78, 5) is 28.2. The number of β-amino-alcohol motifs (C(OH)–C–C–N with tert-alkyl or cyclic N) is 1. The predicted octanol–water partition coefficient (Wildman–Crippen LogP) is 2.98. The van der Waals surface area contributed by atoms with Crippen molar-refractivity contribution in [3.05, 3.63) is 83.0 Å². The van der Waals surface area contributed by atoms with E-state index in [4.69, 9.17) is 5.73 Å². The summed E-state index contributed by atoms with van der Waals surface area (Å²) in [5.74, 6) is -0.689. The summed E-state index contributed by atoms with van der Waals surface area (Å²) in [7, 11) is 1.25. The first kappa shape index (κ1) is 26.7. The Morgan fingerprint density at radius 3 is 2.53 bits per heavy atom. The summed E-state index contributed by atoms with van der Waals surface area (Å²) in [6, 6.07) is 15.3. The van der Waals surface area contributed by atoms with Gasteiger partial charge in [-0.05, 0) is 55.7 Å². The highest BCUT2D eigenvalue weighted by Crippen LogP contribution is 2.25. The van der Waals surface area contributed by atoms with E-state index in [-0.39, 0.29) is 34.9 Å². The number of phenols is 1. The summed E-state index contributed by atoms with van der Waals surface area (Å²) < 4.78 is 4.63. The zero-order chi connectivity index (χ0) is 26.3. The molecule has 0 fully saturated rings. The number of esters is 1. The third-order valence-electron chi connectivity index (χ3n) is 5.66. The van der Waals surface area contributed by atoms with Gasteiger partial charge in [-0.15, -0.1) is 0 Å². The van der Waals surface area contributed by atoms with Gasteiger partial charge in [0.25, 0.3) is 0 Å². The number of aliphatic hydroxyl groups excluding tert-OH is 1. The normalized spacial score (nSPS) is 12.1. The van der Waals surface area contributed by atoms with Crippen LogP contribution in [0.3, 0.4) is 0 Å². The van der Waals surface area contributed by atoms with Gasteiger partial charge in [0.15, 0.2) is 0 Å². The first-order valence-corrected chi connectivity index (χ1v) is 11.5. The van der Waals surface area contributed by atoms with Crippen LogP contribution in [0.4, 0.5) is 11.5 Å². The number of amides is 1. The molecule has 9 heteroatoms. The van der Waals surface area contributed by atoms with Crippen molar-refractivity contribution in [3.63, 3.8) is 0 Å². The Balaban J connectivity index is 1.57. The van der Waals surface area contributed by atoms with Gasteiger partial charge in [0.1, 0.15) is 11.6 Å². The number of nitrogens with zero attached hydrogens (tertiary/aromatic N) is 1. The number of carbonyl (C=O) groups is 2. The van der Waals surface area contributed by atoms with Gasteiger partial charge in [-0.25, -0.2) is 9.78 Å². The van der Waals surface area contributed by atoms with Crippen LogP contribution in [0.15, 0.2) is 60.8 Å². The van der Waals surface area contributed by atoms with Crippen molar-refractivity contribution in [2.45, 2.75) is 38.3 Å². The number of hydrogen-bond acceptors (Lipinski definition) is 8. The molecule has 1 heterocycles. The van der Waals surface area contributed by atoms with Gasteiger partial charge < -0.3 is 31.3 Å². The fourth-order valence-corrected chi connectivity index (χ4v) is 3.79. The summed E-state index contributed by atoms with van der Waals surface area (Å²) in [5, 5.41) is 26.6. The van der Waals surface area contributed by atoms with Crippen LogP contribution >= 0.6 is 0 Å². The Kier molecular flexibility index (Phi) is 8.63. The number of carbonyl (C=O) groups excluding carboxylic acids is 2. The minimum absolute atomic E-state index is 0.114. The lowest BCUT2D eigenvalue weighted by Crippen LogP contribution is -2.43. The number of benzene rings is 2. The molecular weight excluding hydrogens is 460 g/mol. The zero-order valence-electron chi connectivity index (χ0n) is 20.6. The molecule has 9 nitrogen and oxygen atoms in total. The van der Waals surface area contributed by atoms with Crippen LogP contribution < -0.4 is 16.4 Å². The third-order valence-corrected chi connectivity index (χ3v) is 5.66. The molecule has 3 aromatic rings. The standard InChI is InChI=1S/C27H32N4O5/c1-27(2,30-16-23(33)20-8-10-24(28)29-15-20)14-18-6-4-5-17(11-18)12-25(34)31-21-9-7-19(13-22(21)32)26(35)36-3/h4-11,13,15,23,30,32-33H,12,14,16H2,1-3H3,(H2,28,29)(H,31,34)/t23-/m0/s1. The Labute approximate surface area is 210 Å². The number of ether oxygens (including phenoxy) is 1. The Hall–Kier alpha value is -3.95. The van der Waals surface area contributed by atoms with Crippen molar-refractivity contribution >= 4 is 23.4 Å². The second-order valence-electron chi connectivity index (χ2n) is 9.24. The molecule has 2 aromatic carbocycles. The van der Waals surface area contributed by atoms with Crippen molar-refractivity contribution in [1.82, 2.24) is 10.3 Å². The second kappa shape index (κ2) is 11.7. The third kappa shape index (κ3) is 7.53. The minimum Gasteiger partial charge on any atom is -0.506 e. The quantitative estimate of drug-likeness (QED) is 0.214. The first-order chi connectivity index (χ1) is 17.1. The summed E-state index contributed by atoms with van der Waals surface area (Å²) in [6.07, 6.45) is 1.63. The number of hydrogen-bond donors (Lipinski definition) is 5. The van der Waals surface area contributed by atoms with Crippen molar-refractivity contribution < 1.29 is 24.5 Å². The highest BCUT2D eigenvalue weighted by molar-refractivity contribution is 5.95. The zero-order valence-corrected chi connectivity index (χ0v) is 20.6. The molecule has 190 valence electrons. The molecule has 0 bridgehead atoms. The molecule has 6 N–H and O–H groups in total. The van der Waals surface area contributed by atoms with E-state index >= 15 is 0 Å². The molecule has 0 aliphatic carbocycles. The van der Waals surface area contributed by atoms with Gasteiger partial charge in [-0.2, -0.15) is 0 Å². The number of nitrogens with one attached hydrogen (secondary N) is 2. The molecule has 1 atom stereocenters. The van der Waals surface area contributed by atoms with Gasteiger partial charge in [0.2, 0.25) is 5.91 Å². The number of aromatic hydroxyl groups is 1. The Morgan fingerprint density at radius 1 is 1.11 bits per heavy atom. The van der Waals surface area contributed by atoms with Crippen LogP contribution in [0.5, 0.6) is 5.75 Å². The molecule has 1 aromatic heterocycles. The number of methoxy groups -OCH3 is 1. The van der Waals surface area contributed by atoms with E-state index in [9.17, 15) is 19.8 Å². The maximum atomic E-state index is 12.6. The minimum atomic E-state index is -0.717. The smallest absolute Gasteiger partial charge is 0.337 e. The number of rotatable bonds is 10. The molecule has 0 saturated heterocycles. The van der Waals surface area contributed by atoms with Gasteiger partial charge in [0, 0.05) is 23.8 Å². The van der Waals surface area contributed by atoms with E-state index in [0.29, 0.717) is 24.3 Å². The van der Waals surface area contributed by atoms with Crippen molar-refractivity contribution in [3.8, 4) is 5.75 Å². The van der Waals surface area contributed by atoms with Crippen LogP contribution in [-0.4, -0.2) is 46.3 Å². The summed E-state index contributed by atoms with van der Waals surface area (Å²) >= 11 is 0. The van der Waals surface area contributed by atoms with Crippen LogP contribution in [0, 0.1) is 0 Å². The topological polar surface area (TPSA) is 147 Å². The fraction of sp³-hybridized carbons (Fsp3) is 0.296. The van der Waals surface area contributed by atoms with Gasteiger partial charge in [0.05, 0.1) is 30.9 Å². The van der Waals surface area contributed by atoms with Gasteiger partial charge >= 0.3 is 5.97 Å². The number of aromatic nitrogens is 1. The number of pyridine rings is 1. The monoisotopic (exact) mass is 492 g/mol. The predicted molar refractivity (Wildman–Crippen MR) is 138 cm³/mol. The molecule has 36 heavy (non-hydrogen) atoms. The molecular formula is C27H32N4O5. The summed E-state index contributed by atoms with van der Waals surface area (Å²) in [5.41, 5.74) is 8.22. The van der Waals surface area contributed by atoms with Crippen LogP contribution in [0.2, 0.25) is 0 Å². The van der Waals surface area contributed by atoms with Crippen LogP contribution in [0.25, 0.3) is 0 Å². The number of anilines is 2. The van der Waals surface area contributed by atoms with Crippen molar-refractivity contribution in [1.29, 1.82) is 0 Å². The maximum absolute atomic E-state index is 12.6. The highest BCUT2D eigenvalue weighted by atomic mass is 16.5. The molecule has 0 unspecified atom stereocenters. The maximum Gasteiger partial charge on any atom is 0.337 e. The number of phenolic OH excluding ortho intramolecular Hbond substituents is 1. The van der Waals surface area contributed by atoms with E-state index in [1.807, 2.05) is 38.1 Å². The second-order valence-corrected chi connectivity index (χ2v) is 9.24. The Morgan fingerprint density at radius 2 is 1.86 bits per heavy atom. The fourth-order valence-electron chi connectivity index (χ4n) is 3.79. The van der Waals surface area contributed by atoms with E-state index in [2.05, 4.69) is 20.4 Å². The van der Waals surface area contributed by atoms with Crippen molar-refractivity contribution in [2.75, 3.05) is 24.7 Å². The average molecular weight is 493 g/mol. The van der Waals surface area contributed by atoms with Gasteiger partial charge in [-0.3, -0.25) is 4.79 Å². The molecule has 0 radical (unpaired) electrons. The lowest BCUT2D eigenvalue weighted by atomic mass is 9.93. The van der Waals surface area contributed by atoms with Gasteiger partial charge in [-0.1, -0.05) is 30.3 Å².